The highest BCUT2D eigenvalue weighted by atomic mass is 35.5. The molecule has 1 atom stereocenters. The molecule has 1 aromatic heterocycles. The number of amides is 1. The Morgan fingerprint density at radius 2 is 2.14 bits per heavy atom. The van der Waals surface area contributed by atoms with Gasteiger partial charge in [0.25, 0.3) is 0 Å². The van der Waals surface area contributed by atoms with Crippen molar-refractivity contribution in [2.45, 2.75) is 44.6 Å². The van der Waals surface area contributed by atoms with Gasteiger partial charge in [0, 0.05) is 17.6 Å². The van der Waals surface area contributed by atoms with Gasteiger partial charge in [-0.2, -0.15) is 0 Å². The van der Waals surface area contributed by atoms with Gasteiger partial charge in [0.05, 0.1) is 11.5 Å². The maximum atomic E-state index is 12.4. The molecule has 3 rings (SSSR count). The Labute approximate surface area is 142 Å². The summed E-state index contributed by atoms with van der Waals surface area (Å²) in [5, 5.41) is 9.77. The highest BCUT2D eigenvalue weighted by Crippen LogP contribution is 2.40. The maximum Gasteiger partial charge on any atom is 0.225 e. The molecule has 21 heavy (non-hydrogen) atoms. The minimum absolute atomic E-state index is 0. The van der Waals surface area contributed by atoms with E-state index < -0.39 is 0 Å². The van der Waals surface area contributed by atoms with E-state index in [4.69, 9.17) is 0 Å². The first kappa shape index (κ1) is 18.7. The van der Waals surface area contributed by atoms with E-state index in [1.165, 1.54) is 12.8 Å². The van der Waals surface area contributed by atoms with Crippen LogP contribution in [0.4, 0.5) is 0 Å². The molecule has 2 fully saturated rings. The third-order valence-corrected chi connectivity index (χ3v) is 5.44. The van der Waals surface area contributed by atoms with Crippen molar-refractivity contribution in [2.24, 2.45) is 5.92 Å². The van der Waals surface area contributed by atoms with E-state index in [9.17, 15) is 4.79 Å². The molecule has 0 aromatic carbocycles. The number of aromatic nitrogens is 1. The van der Waals surface area contributed by atoms with Gasteiger partial charge in [-0.3, -0.25) is 4.79 Å². The molecule has 0 radical (unpaired) electrons. The van der Waals surface area contributed by atoms with E-state index in [-0.39, 0.29) is 42.2 Å². The van der Waals surface area contributed by atoms with E-state index >= 15 is 0 Å². The topological polar surface area (TPSA) is 54.0 Å². The summed E-state index contributed by atoms with van der Waals surface area (Å²) >= 11 is 1.69. The number of hydrogen-bond donors (Lipinski definition) is 2. The minimum atomic E-state index is -0.182. The van der Waals surface area contributed by atoms with Crippen molar-refractivity contribution in [1.29, 1.82) is 0 Å². The number of nitrogens with zero attached hydrogens (tertiary/aromatic N) is 1. The van der Waals surface area contributed by atoms with Gasteiger partial charge in [0.1, 0.15) is 5.01 Å². The lowest BCUT2D eigenvalue weighted by atomic mass is 9.96. The van der Waals surface area contributed by atoms with Crippen LogP contribution < -0.4 is 10.6 Å². The van der Waals surface area contributed by atoms with Crippen LogP contribution in [0.15, 0.2) is 5.38 Å². The number of carbonyl (C=O) groups is 1. The average molecular weight is 352 g/mol. The van der Waals surface area contributed by atoms with Crippen LogP contribution in [0.2, 0.25) is 0 Å². The Balaban J connectivity index is 0.00000110. The zero-order valence-corrected chi connectivity index (χ0v) is 14.6. The Bertz CT molecular complexity index is 469. The smallest absolute Gasteiger partial charge is 0.225 e. The number of halogens is 2. The highest BCUT2D eigenvalue weighted by Gasteiger charge is 2.41. The third kappa shape index (κ3) is 3.89. The highest BCUT2D eigenvalue weighted by molar-refractivity contribution is 7.09. The summed E-state index contributed by atoms with van der Waals surface area (Å²) in [6.07, 6.45) is 5.39. The molecule has 0 spiro atoms. The predicted molar refractivity (Wildman–Crippen MR) is 90.6 cm³/mol. The van der Waals surface area contributed by atoms with E-state index in [1.54, 1.807) is 11.3 Å². The first-order valence-electron chi connectivity index (χ1n) is 7.15. The molecule has 0 bridgehead atoms. The maximum absolute atomic E-state index is 12.4. The van der Waals surface area contributed by atoms with Crippen LogP contribution in [-0.2, 0) is 10.3 Å². The number of hydrogen-bond acceptors (Lipinski definition) is 4. The Morgan fingerprint density at radius 3 is 2.67 bits per heavy atom. The monoisotopic (exact) mass is 351 g/mol. The standard InChI is InChI=1S/C14H21N3OS.2ClH/c1-10-9-19-13(16-10)14(5-2-3-6-14)17-12(18)11-4-7-15-8-11;;/h9,11,15H,2-8H2,1H3,(H,17,18);2*1H. The lowest BCUT2D eigenvalue weighted by molar-refractivity contribution is -0.126. The van der Waals surface area contributed by atoms with Crippen LogP contribution in [0.3, 0.4) is 0 Å². The number of aryl methyl sites for hydroxylation is 1. The molecule has 2 aliphatic rings. The SMILES string of the molecule is Cc1csc(C2(NC(=O)C3CCNC3)CCCC2)n1.Cl.Cl. The fourth-order valence-corrected chi connectivity index (χ4v) is 4.17. The summed E-state index contributed by atoms with van der Waals surface area (Å²) in [7, 11) is 0. The lowest BCUT2D eigenvalue weighted by Crippen LogP contribution is -2.46. The van der Waals surface area contributed by atoms with E-state index in [2.05, 4.69) is 21.0 Å². The number of thiazole rings is 1. The zero-order valence-electron chi connectivity index (χ0n) is 12.2. The summed E-state index contributed by atoms with van der Waals surface area (Å²) in [6, 6.07) is 0. The van der Waals surface area contributed by atoms with Crippen LogP contribution in [-0.4, -0.2) is 24.0 Å². The Morgan fingerprint density at radius 1 is 1.43 bits per heavy atom. The van der Waals surface area contributed by atoms with E-state index in [0.717, 1.165) is 43.1 Å². The molecule has 4 nitrogen and oxygen atoms in total. The predicted octanol–water partition coefficient (Wildman–Crippen LogP) is 2.79. The molecule has 120 valence electrons. The zero-order chi connectivity index (χ0) is 13.3. The summed E-state index contributed by atoms with van der Waals surface area (Å²) < 4.78 is 0. The van der Waals surface area contributed by atoms with Gasteiger partial charge in [-0.05, 0) is 32.7 Å². The largest absolute Gasteiger partial charge is 0.344 e. The van der Waals surface area contributed by atoms with Crippen molar-refractivity contribution in [1.82, 2.24) is 15.6 Å². The van der Waals surface area contributed by atoms with Crippen LogP contribution in [0.5, 0.6) is 0 Å². The molecule has 1 saturated heterocycles. The van der Waals surface area contributed by atoms with Gasteiger partial charge in [-0.25, -0.2) is 4.98 Å². The average Bonchev–Trinajstić information content (AvgIpc) is 3.08. The first-order chi connectivity index (χ1) is 9.20. The minimum Gasteiger partial charge on any atom is -0.344 e. The molecule has 1 unspecified atom stereocenters. The van der Waals surface area contributed by atoms with Crippen LogP contribution in [0.1, 0.15) is 42.8 Å². The molecule has 1 aromatic rings. The van der Waals surface area contributed by atoms with Gasteiger partial charge >= 0.3 is 0 Å². The summed E-state index contributed by atoms with van der Waals surface area (Å²) in [6.45, 7) is 3.80. The third-order valence-electron chi connectivity index (χ3n) is 4.28. The lowest BCUT2D eigenvalue weighted by Gasteiger charge is -2.29. The fraction of sp³-hybridized carbons (Fsp3) is 0.714. The van der Waals surface area contributed by atoms with Crippen molar-refractivity contribution in [3.63, 3.8) is 0 Å². The van der Waals surface area contributed by atoms with Crippen LogP contribution in [0.25, 0.3) is 0 Å². The molecule has 2 heterocycles. The Kier molecular flexibility index (Phi) is 6.91. The number of nitrogens with one attached hydrogen (secondary N) is 2. The van der Waals surface area contributed by atoms with E-state index in [0.29, 0.717) is 0 Å². The van der Waals surface area contributed by atoms with Crippen LogP contribution in [0, 0.1) is 12.8 Å². The van der Waals surface area contributed by atoms with Gasteiger partial charge in [-0.15, -0.1) is 36.2 Å². The van der Waals surface area contributed by atoms with Crippen molar-refractivity contribution >= 4 is 42.1 Å². The van der Waals surface area contributed by atoms with Crippen LogP contribution >= 0.6 is 36.2 Å². The molecule has 1 saturated carbocycles. The van der Waals surface area contributed by atoms with Crippen molar-refractivity contribution in [2.75, 3.05) is 13.1 Å². The first-order valence-corrected chi connectivity index (χ1v) is 8.03. The summed E-state index contributed by atoms with van der Waals surface area (Å²) in [4.78, 5) is 17.0. The second kappa shape index (κ2) is 7.77. The summed E-state index contributed by atoms with van der Waals surface area (Å²) in [5.41, 5.74) is 0.876. The molecule has 2 N–H and O–H groups in total. The molecule has 7 heteroatoms. The van der Waals surface area contributed by atoms with E-state index in [1.807, 2.05) is 6.92 Å². The molecule has 1 aliphatic heterocycles. The Hall–Kier alpha value is -0.360. The second-order valence-electron chi connectivity index (χ2n) is 5.76. The van der Waals surface area contributed by atoms with Gasteiger partial charge in [0.2, 0.25) is 5.91 Å². The molecule has 1 aliphatic carbocycles. The van der Waals surface area contributed by atoms with Gasteiger partial charge in [0.15, 0.2) is 0 Å². The van der Waals surface area contributed by atoms with Crippen molar-refractivity contribution in [3.8, 4) is 0 Å². The van der Waals surface area contributed by atoms with Crippen molar-refractivity contribution in [3.05, 3.63) is 16.1 Å². The normalized spacial score (nSPS) is 23.2. The number of carbonyl (C=O) groups excluding carboxylic acids is 1. The second-order valence-corrected chi connectivity index (χ2v) is 6.62. The molecular formula is C14H23Cl2N3OS. The fourth-order valence-electron chi connectivity index (χ4n) is 3.16. The van der Waals surface area contributed by atoms with Gasteiger partial charge < -0.3 is 10.6 Å². The quantitative estimate of drug-likeness (QED) is 0.880. The van der Waals surface area contributed by atoms with Gasteiger partial charge in [-0.1, -0.05) is 12.8 Å². The van der Waals surface area contributed by atoms with Crippen molar-refractivity contribution < 1.29 is 4.79 Å². The molecular weight excluding hydrogens is 329 g/mol. The number of rotatable bonds is 3. The summed E-state index contributed by atoms with van der Waals surface area (Å²) in [5.74, 6) is 0.346. The molecule has 1 amide bonds.